The molecule has 0 radical (unpaired) electrons. The van der Waals surface area contributed by atoms with Crippen LogP contribution < -0.4 is 0 Å². The molecule has 5 rings (SSSR count). The Hall–Kier alpha value is -4.01. The number of hydrogen-bond donors (Lipinski definition) is 0. The monoisotopic (exact) mass is 566 g/mol. The number of carbonyl (C=O) groups is 2. The number of piperidine rings is 1. The van der Waals surface area contributed by atoms with Crippen LogP contribution in [-0.2, 0) is 26.4 Å². The number of methoxy groups -OCH3 is 1. The van der Waals surface area contributed by atoms with Crippen molar-refractivity contribution in [2.45, 2.75) is 37.1 Å². The highest BCUT2D eigenvalue weighted by atomic mass is 32.2. The van der Waals surface area contributed by atoms with Gasteiger partial charge in [-0.25, -0.2) is 4.68 Å². The summed E-state index contributed by atoms with van der Waals surface area (Å²) in [7, 11) is 1.38. The van der Waals surface area contributed by atoms with E-state index in [1.807, 2.05) is 18.2 Å². The zero-order valence-corrected chi connectivity index (χ0v) is 24.2. The summed E-state index contributed by atoms with van der Waals surface area (Å²) >= 11 is 1.38. The lowest BCUT2D eigenvalue weighted by Crippen LogP contribution is -2.52. The summed E-state index contributed by atoms with van der Waals surface area (Å²) in [5.74, 6) is -0.300. The van der Waals surface area contributed by atoms with Crippen LogP contribution in [0, 0.1) is 0 Å². The molecule has 8 heteroatoms. The van der Waals surface area contributed by atoms with E-state index in [4.69, 9.17) is 4.74 Å². The second-order valence-corrected chi connectivity index (χ2v) is 11.4. The predicted molar refractivity (Wildman–Crippen MR) is 162 cm³/mol. The number of carbonyl (C=O) groups excluding carboxylic acids is 2. The highest BCUT2D eigenvalue weighted by Gasteiger charge is 2.44. The first kappa shape index (κ1) is 28.5. The van der Waals surface area contributed by atoms with Gasteiger partial charge in [-0.15, -0.1) is 5.10 Å². The summed E-state index contributed by atoms with van der Waals surface area (Å²) in [5, 5.41) is 8.44. The molecule has 7 nitrogen and oxygen atoms in total. The van der Waals surface area contributed by atoms with Gasteiger partial charge in [-0.3, -0.25) is 14.5 Å². The lowest BCUT2D eigenvalue weighted by atomic mass is 9.74. The zero-order valence-electron chi connectivity index (χ0n) is 23.3. The molecule has 1 unspecified atom stereocenters. The molecule has 1 aromatic heterocycles. The van der Waals surface area contributed by atoms with Crippen molar-refractivity contribution in [3.05, 3.63) is 125 Å². The number of hydrogen-bond acceptors (Lipinski definition) is 7. The molecule has 0 N–H and O–H groups in total. The van der Waals surface area contributed by atoms with Gasteiger partial charge in [0.25, 0.3) is 0 Å². The Labute approximate surface area is 245 Å². The Morgan fingerprint density at radius 2 is 1.51 bits per heavy atom. The average Bonchev–Trinajstić information content (AvgIpc) is 3.45. The average molecular weight is 567 g/mol. The van der Waals surface area contributed by atoms with Crippen molar-refractivity contribution in [2.24, 2.45) is 0 Å². The fraction of sp³-hybridized carbons (Fsp3) is 0.273. The zero-order chi connectivity index (χ0) is 28.7. The maximum absolute atomic E-state index is 12.3. The quantitative estimate of drug-likeness (QED) is 0.194. The van der Waals surface area contributed by atoms with Crippen molar-refractivity contribution in [3.63, 3.8) is 0 Å². The molecule has 210 valence electrons. The number of likely N-dealkylation sites (tertiary alicyclic amines) is 1. The number of rotatable bonds is 9. The molecule has 1 aliphatic rings. The van der Waals surface area contributed by atoms with Gasteiger partial charge in [0.1, 0.15) is 0 Å². The molecule has 4 aromatic rings. The van der Waals surface area contributed by atoms with Gasteiger partial charge >= 0.3 is 5.97 Å². The van der Waals surface area contributed by atoms with Crippen LogP contribution in [0.15, 0.2) is 103 Å². The first-order chi connectivity index (χ1) is 20.0. The molecule has 2 heterocycles. The van der Waals surface area contributed by atoms with Crippen LogP contribution in [0.3, 0.4) is 0 Å². The van der Waals surface area contributed by atoms with E-state index < -0.39 is 5.54 Å². The van der Waals surface area contributed by atoms with E-state index in [0.29, 0.717) is 13.1 Å². The summed E-state index contributed by atoms with van der Waals surface area (Å²) in [4.78, 5) is 26.6. The number of ether oxygens (including phenoxy) is 1. The molecule has 1 aliphatic heterocycles. The Morgan fingerprint density at radius 1 is 0.951 bits per heavy atom. The Bertz CT molecular complexity index is 1390. The van der Waals surface area contributed by atoms with Crippen molar-refractivity contribution >= 4 is 28.9 Å². The van der Waals surface area contributed by atoms with Crippen LogP contribution in [0.2, 0.25) is 0 Å². The van der Waals surface area contributed by atoms with Gasteiger partial charge in [-0.1, -0.05) is 108 Å². The number of aryl methyl sites for hydroxylation is 1. The molecule has 41 heavy (non-hydrogen) atoms. The molecule has 0 aliphatic carbocycles. The van der Waals surface area contributed by atoms with Gasteiger partial charge in [-0.2, -0.15) is 0 Å². The summed E-state index contributed by atoms with van der Waals surface area (Å²) in [6.45, 7) is 3.41. The van der Waals surface area contributed by atoms with E-state index in [1.165, 1.54) is 35.6 Å². The minimum atomic E-state index is -0.557. The normalized spacial score (nSPS) is 16.9. The molecule has 0 amide bonds. The maximum Gasteiger partial charge on any atom is 0.307 e. The van der Waals surface area contributed by atoms with Gasteiger partial charge in [0.05, 0.1) is 37.5 Å². The largest absolute Gasteiger partial charge is 0.469 e. The first-order valence-electron chi connectivity index (χ1n) is 13.8. The van der Waals surface area contributed by atoms with Crippen LogP contribution in [0.1, 0.15) is 42.1 Å². The third-order valence-electron chi connectivity index (χ3n) is 7.54. The van der Waals surface area contributed by atoms with Gasteiger partial charge in [0.15, 0.2) is 5.12 Å². The fourth-order valence-electron chi connectivity index (χ4n) is 5.75. The fourth-order valence-corrected chi connectivity index (χ4v) is 6.66. The van der Waals surface area contributed by atoms with Gasteiger partial charge in [0, 0.05) is 25.3 Å². The van der Waals surface area contributed by atoms with Gasteiger partial charge in [0.2, 0.25) is 0 Å². The molecule has 0 spiro atoms. The van der Waals surface area contributed by atoms with Crippen LogP contribution in [-0.4, -0.2) is 56.4 Å². The maximum atomic E-state index is 12.3. The van der Waals surface area contributed by atoms with Gasteiger partial charge in [-0.05, 0) is 34.8 Å². The number of thioether (sulfide) groups is 1. The minimum absolute atomic E-state index is 0.0210. The predicted octanol–water partition coefficient (Wildman–Crippen LogP) is 5.57. The smallest absolute Gasteiger partial charge is 0.307 e. The number of esters is 1. The standard InChI is InChI=1S/C33H34N4O3S/c1-25(38)41-31-18-20-36(24-26(31)22-30-23-34-35-37(30)21-19-32(39)40-2)33(27-12-6-3-7-13-27,28-14-8-4-9-15-28)29-16-10-5-11-17-29/h3-17,22-23,31H,18-21,24H2,1-2H3. The highest BCUT2D eigenvalue weighted by Crippen LogP contribution is 2.45. The van der Waals surface area contributed by atoms with Crippen LogP contribution >= 0.6 is 11.8 Å². The Kier molecular flexibility index (Phi) is 9.11. The SMILES string of the molecule is COC(=O)CCn1nncc1C=C1CN(C(c2ccccc2)(c2ccccc2)c2ccccc2)CCC1SC(C)=O. The third-order valence-corrected chi connectivity index (χ3v) is 8.70. The Morgan fingerprint density at radius 3 is 2.02 bits per heavy atom. The lowest BCUT2D eigenvalue weighted by molar-refractivity contribution is -0.140. The molecular weight excluding hydrogens is 532 g/mol. The van der Waals surface area contributed by atoms with Crippen molar-refractivity contribution in [3.8, 4) is 0 Å². The van der Waals surface area contributed by atoms with E-state index in [-0.39, 0.29) is 22.8 Å². The number of aromatic nitrogens is 3. The summed E-state index contributed by atoms with van der Waals surface area (Å²) in [6.07, 6.45) is 4.80. The summed E-state index contributed by atoms with van der Waals surface area (Å²) in [5.41, 5.74) is 4.89. The lowest BCUT2D eigenvalue weighted by Gasteiger charge is -2.49. The summed E-state index contributed by atoms with van der Waals surface area (Å²) < 4.78 is 6.53. The molecule has 3 aromatic carbocycles. The molecule has 1 saturated heterocycles. The summed E-state index contributed by atoms with van der Waals surface area (Å²) in [6, 6.07) is 31.9. The van der Waals surface area contributed by atoms with Crippen molar-refractivity contribution < 1.29 is 14.3 Å². The second-order valence-electron chi connectivity index (χ2n) is 10.0. The number of benzene rings is 3. The topological polar surface area (TPSA) is 77.3 Å². The molecule has 1 atom stereocenters. The van der Waals surface area contributed by atoms with Crippen LogP contribution in [0.4, 0.5) is 0 Å². The van der Waals surface area contributed by atoms with Crippen molar-refractivity contribution in [1.82, 2.24) is 19.9 Å². The van der Waals surface area contributed by atoms with Crippen molar-refractivity contribution in [1.29, 1.82) is 0 Å². The number of nitrogens with zero attached hydrogens (tertiary/aromatic N) is 4. The van der Waals surface area contributed by atoms with E-state index in [1.54, 1.807) is 17.8 Å². The highest BCUT2D eigenvalue weighted by molar-refractivity contribution is 8.14. The van der Waals surface area contributed by atoms with E-state index in [0.717, 1.165) is 24.2 Å². The van der Waals surface area contributed by atoms with E-state index >= 15 is 0 Å². The van der Waals surface area contributed by atoms with Gasteiger partial charge < -0.3 is 4.74 Å². The molecular formula is C33H34N4O3S. The van der Waals surface area contributed by atoms with E-state index in [2.05, 4.69) is 94.1 Å². The van der Waals surface area contributed by atoms with Crippen LogP contribution in [0.25, 0.3) is 6.08 Å². The first-order valence-corrected chi connectivity index (χ1v) is 14.6. The minimum Gasteiger partial charge on any atom is -0.469 e. The Balaban J connectivity index is 1.63. The second kappa shape index (κ2) is 13.1. The molecule has 0 bridgehead atoms. The van der Waals surface area contributed by atoms with Crippen LogP contribution in [0.5, 0.6) is 0 Å². The molecule has 0 saturated carbocycles. The molecule has 1 fully saturated rings. The third kappa shape index (κ3) is 6.19. The van der Waals surface area contributed by atoms with Crippen molar-refractivity contribution in [2.75, 3.05) is 20.2 Å². The van der Waals surface area contributed by atoms with E-state index in [9.17, 15) is 9.59 Å².